The number of carboxylic acids is 1. The predicted molar refractivity (Wildman–Crippen MR) is 185 cm³/mol. The Labute approximate surface area is 283 Å². The molecule has 12 nitrogen and oxygen atoms in total. The Morgan fingerprint density at radius 3 is 2.73 bits per heavy atom. The lowest BCUT2D eigenvalue weighted by atomic mass is 10.2. The van der Waals surface area contributed by atoms with E-state index < -0.39 is 24.5 Å². The van der Waals surface area contributed by atoms with Crippen molar-refractivity contribution in [3.63, 3.8) is 0 Å². The van der Waals surface area contributed by atoms with E-state index in [1.54, 1.807) is 36.2 Å². The number of nitrogens with zero attached hydrogens (tertiary/aromatic N) is 5. The van der Waals surface area contributed by atoms with Crippen molar-refractivity contribution >= 4 is 66.8 Å². The van der Waals surface area contributed by atoms with Crippen LogP contribution in [0.15, 0.2) is 54.6 Å². The minimum Gasteiger partial charge on any atom is -0.486 e. The van der Waals surface area contributed by atoms with Crippen molar-refractivity contribution < 1.29 is 29.2 Å². The van der Waals surface area contributed by atoms with Gasteiger partial charge in [0.1, 0.15) is 6.61 Å². The Kier molecular flexibility index (Phi) is 11.6. The summed E-state index contributed by atoms with van der Waals surface area (Å²) in [7, 11) is 1.77. The normalized spacial score (nSPS) is 11.8. The van der Waals surface area contributed by atoms with Crippen molar-refractivity contribution in [3.05, 3.63) is 82.1 Å². The average molecular weight is 690 g/mol. The van der Waals surface area contributed by atoms with Gasteiger partial charge in [-0.05, 0) is 74.5 Å². The number of fused-ring (bicyclic) bond motifs is 1. The molecule has 0 aliphatic heterocycles. The summed E-state index contributed by atoms with van der Waals surface area (Å²) < 4.78 is 21.1. The van der Waals surface area contributed by atoms with Crippen molar-refractivity contribution in [1.82, 2.24) is 25.5 Å². The Morgan fingerprint density at radius 2 is 2.00 bits per heavy atom. The number of aryl methyl sites for hydroxylation is 1. The summed E-state index contributed by atoms with van der Waals surface area (Å²) in [4.78, 5) is 23.1. The quantitative estimate of drug-likeness (QED) is 0.0995. The Bertz CT molecular complexity index is 1950. The summed E-state index contributed by atoms with van der Waals surface area (Å²) in [5.41, 5.74) is 1.92. The number of anilines is 4. The molecule has 2 aromatic carbocycles. The van der Waals surface area contributed by atoms with Gasteiger partial charge in [0.05, 0.1) is 34.3 Å². The highest BCUT2D eigenvalue weighted by Crippen LogP contribution is 2.34. The second kappa shape index (κ2) is 16.2. The third-order valence-electron chi connectivity index (χ3n) is 6.77. The molecule has 0 amide bonds. The van der Waals surface area contributed by atoms with E-state index in [4.69, 9.17) is 4.74 Å². The molecule has 5 aromatic rings. The van der Waals surface area contributed by atoms with Gasteiger partial charge < -0.3 is 35.6 Å². The monoisotopic (exact) mass is 689 g/mol. The number of para-hydroxylation sites is 1. The molecule has 15 heteroatoms. The maximum Gasteiger partial charge on any atom is 0.356 e. The molecule has 0 spiro atoms. The number of ether oxygens (including phenoxy) is 1. The third kappa shape index (κ3) is 8.68. The van der Waals surface area contributed by atoms with Gasteiger partial charge in [0.15, 0.2) is 39.2 Å². The fraction of sp³-hybridized carbons (Fsp3) is 0.242. The highest BCUT2D eigenvalue weighted by molar-refractivity contribution is 7.22. The smallest absolute Gasteiger partial charge is 0.356 e. The summed E-state index contributed by atoms with van der Waals surface area (Å²) in [6.45, 7) is 2.01. The molecule has 0 aliphatic carbocycles. The van der Waals surface area contributed by atoms with E-state index in [2.05, 4.69) is 42.6 Å². The maximum atomic E-state index is 14.5. The molecular formula is C33H32FN7O5S2. The molecule has 0 radical (unpaired) electrons. The van der Waals surface area contributed by atoms with Crippen LogP contribution in [0.3, 0.4) is 0 Å². The zero-order valence-electron chi connectivity index (χ0n) is 26.0. The highest BCUT2D eigenvalue weighted by atomic mass is 32.1. The van der Waals surface area contributed by atoms with Crippen molar-refractivity contribution in [3.8, 4) is 17.6 Å². The van der Waals surface area contributed by atoms with Gasteiger partial charge in [-0.25, -0.2) is 19.2 Å². The van der Waals surface area contributed by atoms with E-state index in [-0.39, 0.29) is 31.0 Å². The standard InChI is InChI=1S/C33H32FN7O5S2/c1-20-17-28(39-40-30(20)38-32-36-24-8-3-4-9-26(24)47-32)41(15-13-22(43)19-42)33-37-29(31(44)45)27(48-33)10-6-16-46-25-12-11-21(18-23(25)34)7-5-14-35-2/h3-4,6,8-12,17-18,22,35,42-43H,13-16,19H2,1-2H3,(H,44,45)(H,36,38,40)/b10-6+. The number of hydrogen-bond acceptors (Lipinski definition) is 13. The molecule has 0 aliphatic rings. The van der Waals surface area contributed by atoms with E-state index in [0.717, 1.165) is 27.1 Å². The van der Waals surface area contributed by atoms with Gasteiger partial charge in [-0.1, -0.05) is 46.6 Å². The molecule has 3 heterocycles. The number of halogens is 1. The fourth-order valence-corrected chi connectivity index (χ4v) is 6.24. The molecule has 3 aromatic heterocycles. The summed E-state index contributed by atoms with van der Waals surface area (Å²) in [5.74, 6) is 4.81. The maximum absolute atomic E-state index is 14.5. The zero-order chi connectivity index (χ0) is 34.0. The minimum atomic E-state index is -1.24. The molecule has 1 atom stereocenters. The fourth-order valence-electron chi connectivity index (χ4n) is 4.36. The molecule has 0 fully saturated rings. The number of aromatic nitrogens is 4. The Morgan fingerprint density at radius 1 is 1.17 bits per heavy atom. The Hall–Kier alpha value is -4.98. The topological polar surface area (TPSA) is 166 Å². The van der Waals surface area contributed by atoms with Gasteiger partial charge in [0, 0.05) is 12.1 Å². The average Bonchev–Trinajstić information content (AvgIpc) is 3.69. The molecule has 0 saturated carbocycles. The van der Waals surface area contributed by atoms with Gasteiger partial charge in [-0.3, -0.25) is 0 Å². The third-order valence-corrected chi connectivity index (χ3v) is 8.77. The molecule has 1 unspecified atom stereocenters. The first-order valence-corrected chi connectivity index (χ1v) is 16.4. The van der Waals surface area contributed by atoms with E-state index >= 15 is 0 Å². The number of hydrogen-bond donors (Lipinski definition) is 5. The molecule has 248 valence electrons. The number of carbonyl (C=O) groups is 1. The van der Waals surface area contributed by atoms with Crippen LogP contribution in [-0.4, -0.2) is 80.9 Å². The van der Waals surface area contributed by atoms with Crippen molar-refractivity contribution in [2.75, 3.05) is 43.6 Å². The van der Waals surface area contributed by atoms with Crippen LogP contribution < -0.4 is 20.3 Å². The van der Waals surface area contributed by atoms with E-state index in [0.29, 0.717) is 38.9 Å². The van der Waals surface area contributed by atoms with Crippen LogP contribution in [0.1, 0.15) is 32.9 Å². The predicted octanol–water partition coefficient (Wildman–Crippen LogP) is 4.98. The van der Waals surface area contributed by atoms with E-state index in [9.17, 15) is 24.5 Å². The molecule has 5 rings (SSSR count). The lowest BCUT2D eigenvalue weighted by Crippen LogP contribution is -2.25. The number of thiazole rings is 2. The summed E-state index contributed by atoms with van der Waals surface area (Å²) in [5, 5.41) is 45.2. The van der Waals surface area contributed by atoms with Gasteiger partial charge in [-0.15, -0.1) is 10.2 Å². The molecule has 0 saturated heterocycles. The second-order valence-electron chi connectivity index (χ2n) is 10.3. The number of benzene rings is 2. The minimum absolute atomic E-state index is 0.0332. The number of carboxylic acid groups (broad SMARTS) is 1. The zero-order valence-corrected chi connectivity index (χ0v) is 27.6. The van der Waals surface area contributed by atoms with Crippen LogP contribution >= 0.6 is 22.7 Å². The van der Waals surface area contributed by atoms with Crippen LogP contribution in [0.25, 0.3) is 16.3 Å². The first-order valence-electron chi connectivity index (χ1n) is 14.8. The lowest BCUT2D eigenvalue weighted by molar-refractivity contribution is 0.0691. The molecule has 5 N–H and O–H groups in total. The van der Waals surface area contributed by atoms with Crippen molar-refractivity contribution in [2.45, 2.75) is 19.4 Å². The highest BCUT2D eigenvalue weighted by Gasteiger charge is 2.23. The molecular weight excluding hydrogens is 658 g/mol. The number of nitrogens with one attached hydrogen (secondary N) is 2. The first kappa shape index (κ1) is 34.4. The van der Waals surface area contributed by atoms with Gasteiger partial charge in [0.25, 0.3) is 0 Å². The molecule has 48 heavy (non-hydrogen) atoms. The van der Waals surface area contributed by atoms with E-state index in [1.807, 2.05) is 31.2 Å². The van der Waals surface area contributed by atoms with E-state index in [1.165, 1.54) is 23.5 Å². The van der Waals surface area contributed by atoms with Crippen molar-refractivity contribution in [2.24, 2.45) is 0 Å². The van der Waals surface area contributed by atoms with Crippen LogP contribution in [0.4, 0.5) is 26.3 Å². The largest absolute Gasteiger partial charge is 0.486 e. The van der Waals surface area contributed by atoms with Gasteiger partial charge in [-0.2, -0.15) is 0 Å². The summed E-state index contributed by atoms with van der Waals surface area (Å²) >= 11 is 2.57. The van der Waals surface area contributed by atoms with Gasteiger partial charge in [0.2, 0.25) is 0 Å². The number of rotatable bonds is 14. The van der Waals surface area contributed by atoms with Gasteiger partial charge >= 0.3 is 5.97 Å². The van der Waals surface area contributed by atoms with Crippen LogP contribution in [-0.2, 0) is 0 Å². The van der Waals surface area contributed by atoms with Crippen LogP contribution in [0.2, 0.25) is 0 Å². The van der Waals surface area contributed by atoms with Crippen LogP contribution in [0, 0.1) is 24.6 Å². The van der Waals surface area contributed by atoms with Crippen LogP contribution in [0.5, 0.6) is 5.75 Å². The number of aliphatic hydroxyl groups is 2. The van der Waals surface area contributed by atoms with Crippen molar-refractivity contribution in [1.29, 1.82) is 0 Å². The SMILES string of the molecule is CNCC#Cc1ccc(OC/C=C/c2sc(N(CCC(O)CO)c3cc(C)c(Nc4nc5ccccc5s4)nn3)nc2C(=O)O)c(F)c1. The summed E-state index contributed by atoms with van der Waals surface area (Å²) in [6.07, 6.45) is 2.25. The molecule has 0 bridgehead atoms. The first-order chi connectivity index (χ1) is 23.2. The Balaban J connectivity index is 1.35. The lowest BCUT2D eigenvalue weighted by Gasteiger charge is -2.22. The summed E-state index contributed by atoms with van der Waals surface area (Å²) in [6, 6.07) is 14.0. The number of aromatic carboxylic acids is 1. The second-order valence-corrected chi connectivity index (χ2v) is 12.4. The number of aliphatic hydroxyl groups excluding tert-OH is 2.